The van der Waals surface area contributed by atoms with E-state index in [1.165, 1.54) is 0 Å². The van der Waals surface area contributed by atoms with Crippen LogP contribution in [-0.2, 0) is 0 Å². The Bertz CT molecular complexity index is 1130. The van der Waals surface area contributed by atoms with Gasteiger partial charge in [-0.1, -0.05) is 60.7 Å². The summed E-state index contributed by atoms with van der Waals surface area (Å²) in [5, 5.41) is 18.1. The summed E-state index contributed by atoms with van der Waals surface area (Å²) in [6.45, 7) is 0. The van der Waals surface area contributed by atoms with Crippen LogP contribution in [-0.4, -0.2) is 20.9 Å². The molecule has 27 heavy (non-hydrogen) atoms. The van der Waals surface area contributed by atoms with Crippen molar-refractivity contribution in [2.45, 2.75) is 0 Å². The third-order valence-corrected chi connectivity index (χ3v) is 3.58. The highest BCUT2D eigenvalue weighted by molar-refractivity contribution is 6.12. The van der Waals surface area contributed by atoms with Gasteiger partial charge in [-0.15, -0.1) is 10.2 Å². The number of rotatable bonds is 5. The molecule has 3 rings (SSSR count). The number of allylic oxidation sites excluding steroid dienone is 1. The van der Waals surface area contributed by atoms with Crippen molar-refractivity contribution < 1.29 is 9.90 Å². The molecule has 0 aliphatic heterocycles. The van der Waals surface area contributed by atoms with Crippen LogP contribution in [0.5, 0.6) is 0 Å². The number of carbonyl (C=O) groups excluding carboxylic acids is 1. The molecule has 0 bridgehead atoms. The number of Topliss-reactive ketones (excluding diaryl/α,β-unsaturated/α-hetero) is 1. The van der Waals surface area contributed by atoms with Gasteiger partial charge < -0.3 is 10.1 Å². The molecule has 0 fully saturated rings. The summed E-state index contributed by atoms with van der Waals surface area (Å²) >= 11 is 0. The van der Waals surface area contributed by atoms with Crippen molar-refractivity contribution in [1.29, 1.82) is 0 Å². The van der Waals surface area contributed by atoms with Crippen molar-refractivity contribution in [3.63, 3.8) is 0 Å². The van der Waals surface area contributed by atoms with Crippen LogP contribution in [0.4, 0.5) is 5.69 Å². The fourth-order valence-electron chi connectivity index (χ4n) is 2.24. The zero-order valence-electron chi connectivity index (χ0n) is 13.9. The molecule has 3 N–H and O–H groups in total. The van der Waals surface area contributed by atoms with E-state index in [0.29, 0.717) is 11.1 Å². The molecule has 0 spiro atoms. The first-order valence-electron chi connectivity index (χ1n) is 7.88. The minimum Gasteiger partial charge on any atom is -0.505 e. The van der Waals surface area contributed by atoms with Gasteiger partial charge in [0.2, 0.25) is 5.78 Å². The normalized spacial score (nSPS) is 12.0. The molecule has 2 aromatic carbocycles. The van der Waals surface area contributed by atoms with Crippen molar-refractivity contribution in [3.8, 4) is 0 Å². The van der Waals surface area contributed by atoms with Crippen molar-refractivity contribution in [1.82, 2.24) is 9.97 Å². The van der Waals surface area contributed by atoms with E-state index in [9.17, 15) is 19.5 Å². The number of aromatic nitrogens is 2. The number of nitrogens with one attached hydrogen (secondary N) is 2. The predicted octanol–water partition coefficient (Wildman–Crippen LogP) is 2.96. The molecule has 3 aromatic rings. The Kier molecular flexibility index (Phi) is 5.17. The Hall–Kier alpha value is -4.07. The molecule has 8 heteroatoms. The molecule has 0 aliphatic carbocycles. The lowest BCUT2D eigenvalue weighted by atomic mass is 10.1. The first kappa shape index (κ1) is 17.7. The fraction of sp³-hybridized carbons (Fsp3) is 0. The maximum atomic E-state index is 12.8. The zero-order chi connectivity index (χ0) is 19.2. The van der Waals surface area contributed by atoms with E-state index < -0.39 is 17.0 Å². The largest absolute Gasteiger partial charge is 0.505 e. The van der Waals surface area contributed by atoms with Gasteiger partial charge in [0.15, 0.2) is 17.1 Å². The van der Waals surface area contributed by atoms with Gasteiger partial charge in [-0.05, 0) is 0 Å². The smallest absolute Gasteiger partial charge is 0.325 e. The number of aromatic amines is 2. The summed E-state index contributed by atoms with van der Waals surface area (Å²) in [7, 11) is 0. The van der Waals surface area contributed by atoms with Gasteiger partial charge in [0.25, 0.3) is 5.56 Å². The maximum Gasteiger partial charge on any atom is 0.325 e. The molecule has 1 aromatic heterocycles. The van der Waals surface area contributed by atoms with Crippen LogP contribution in [0.1, 0.15) is 15.9 Å². The van der Waals surface area contributed by atoms with Crippen molar-refractivity contribution in [2.75, 3.05) is 0 Å². The highest BCUT2D eigenvalue weighted by Gasteiger charge is 2.18. The summed E-state index contributed by atoms with van der Waals surface area (Å²) in [6, 6.07) is 16.6. The van der Waals surface area contributed by atoms with E-state index in [2.05, 4.69) is 15.2 Å². The van der Waals surface area contributed by atoms with E-state index in [0.717, 1.165) is 6.20 Å². The Morgan fingerprint density at radius 3 is 2.07 bits per heavy atom. The first-order valence-corrected chi connectivity index (χ1v) is 7.88. The molecule has 0 unspecified atom stereocenters. The predicted molar refractivity (Wildman–Crippen MR) is 99.0 cm³/mol. The quantitative estimate of drug-likeness (QED) is 0.279. The average Bonchev–Trinajstić information content (AvgIpc) is 2.70. The summed E-state index contributed by atoms with van der Waals surface area (Å²) in [5.41, 5.74) is -1.35. The highest BCUT2D eigenvalue weighted by atomic mass is 16.3. The van der Waals surface area contributed by atoms with Crippen LogP contribution in [0, 0.1) is 0 Å². The molecular weight excluding hydrogens is 348 g/mol. The summed E-state index contributed by atoms with van der Waals surface area (Å²) < 4.78 is 0. The molecule has 8 nitrogen and oxygen atoms in total. The van der Waals surface area contributed by atoms with Crippen molar-refractivity contribution >= 4 is 17.2 Å². The van der Waals surface area contributed by atoms with Gasteiger partial charge in [0.05, 0.1) is 0 Å². The lowest BCUT2D eigenvalue weighted by molar-refractivity contribution is 0.103. The van der Waals surface area contributed by atoms with E-state index in [-0.39, 0.29) is 17.1 Å². The molecule has 0 atom stereocenters. The topological polar surface area (TPSA) is 128 Å². The molecule has 0 aliphatic rings. The first-order chi connectivity index (χ1) is 13.1. The second kappa shape index (κ2) is 7.87. The van der Waals surface area contributed by atoms with Crippen molar-refractivity contribution in [2.24, 2.45) is 10.2 Å². The molecule has 0 saturated heterocycles. The van der Waals surface area contributed by atoms with Crippen LogP contribution in [0.25, 0.3) is 5.76 Å². The number of carbonyl (C=O) groups is 1. The lowest BCUT2D eigenvalue weighted by Crippen LogP contribution is -2.20. The minimum atomic E-state index is -0.770. The second-order valence-corrected chi connectivity index (χ2v) is 5.42. The van der Waals surface area contributed by atoms with Gasteiger partial charge in [0.1, 0.15) is 0 Å². The zero-order valence-corrected chi connectivity index (χ0v) is 13.9. The highest BCUT2D eigenvalue weighted by Crippen LogP contribution is 2.22. The average molecular weight is 362 g/mol. The van der Waals surface area contributed by atoms with E-state index in [1.54, 1.807) is 60.7 Å². The molecule has 0 saturated carbocycles. The van der Waals surface area contributed by atoms with Crippen LogP contribution < -0.4 is 11.2 Å². The molecular formula is C19H14N4O4. The number of aliphatic hydroxyl groups is 1. The van der Waals surface area contributed by atoms with Gasteiger partial charge in [-0.3, -0.25) is 14.6 Å². The minimum absolute atomic E-state index is 0.214. The number of azo groups is 1. The van der Waals surface area contributed by atoms with E-state index >= 15 is 0 Å². The van der Waals surface area contributed by atoms with Crippen LogP contribution in [0.15, 0.2) is 92.4 Å². The monoisotopic (exact) mass is 362 g/mol. The van der Waals surface area contributed by atoms with Crippen LogP contribution in [0.3, 0.4) is 0 Å². The van der Waals surface area contributed by atoms with Gasteiger partial charge in [-0.2, -0.15) is 0 Å². The SMILES string of the molecule is O=C(/C(N=Nc1c[nH]c(=O)[nH]c1=O)=C(/O)c1ccccc1)c1ccccc1. The molecule has 0 amide bonds. The molecule has 134 valence electrons. The summed E-state index contributed by atoms with van der Waals surface area (Å²) in [4.78, 5) is 39.9. The number of H-pyrrole nitrogens is 2. The number of aliphatic hydroxyl groups excluding tert-OH is 1. The van der Waals surface area contributed by atoms with Crippen LogP contribution >= 0.6 is 0 Å². The molecule has 1 heterocycles. The molecule has 0 radical (unpaired) electrons. The Morgan fingerprint density at radius 2 is 1.48 bits per heavy atom. The number of ketones is 1. The summed E-state index contributed by atoms with van der Waals surface area (Å²) in [6.07, 6.45) is 1.06. The Morgan fingerprint density at radius 1 is 0.889 bits per heavy atom. The summed E-state index contributed by atoms with van der Waals surface area (Å²) in [5.74, 6) is -0.949. The van der Waals surface area contributed by atoms with E-state index in [4.69, 9.17) is 0 Å². The second-order valence-electron chi connectivity index (χ2n) is 5.42. The lowest BCUT2D eigenvalue weighted by Gasteiger charge is -2.06. The Balaban J connectivity index is 2.10. The van der Waals surface area contributed by atoms with Gasteiger partial charge >= 0.3 is 5.69 Å². The fourth-order valence-corrected chi connectivity index (χ4v) is 2.24. The number of nitrogens with zero attached hydrogens (tertiary/aromatic N) is 2. The van der Waals surface area contributed by atoms with Gasteiger partial charge in [-0.25, -0.2) is 4.79 Å². The Labute approximate surface area is 152 Å². The standard InChI is InChI=1S/C19H14N4O4/c24-16(12-7-3-1-4-8-12)15(17(25)13-9-5-2-6-10-13)23-22-14-11-20-19(27)21-18(14)26/h1-11,24H,(H2,20,21,26,27)/b16-15-,23-22?. The number of benzene rings is 2. The van der Waals surface area contributed by atoms with Crippen molar-refractivity contribution in [3.05, 3.63) is 105 Å². The number of hydrogen-bond acceptors (Lipinski definition) is 6. The third-order valence-electron chi connectivity index (χ3n) is 3.58. The van der Waals surface area contributed by atoms with E-state index in [1.807, 2.05) is 4.98 Å². The van der Waals surface area contributed by atoms with Crippen LogP contribution in [0.2, 0.25) is 0 Å². The maximum absolute atomic E-state index is 12.8. The third kappa shape index (κ3) is 4.13. The van der Waals surface area contributed by atoms with Gasteiger partial charge in [0, 0.05) is 17.3 Å². The number of hydrogen-bond donors (Lipinski definition) is 3.